The quantitative estimate of drug-likeness (QED) is 0.334. The lowest BCUT2D eigenvalue weighted by atomic mass is 9.83. The van der Waals surface area contributed by atoms with Gasteiger partial charge in [-0.2, -0.15) is 0 Å². The molecular formula is C33H33N5O5. The van der Waals surface area contributed by atoms with Crippen molar-refractivity contribution in [2.75, 3.05) is 23.0 Å². The average Bonchev–Trinajstić information content (AvgIpc) is 3.69. The molecule has 1 spiro atoms. The third-order valence-electron chi connectivity index (χ3n) is 8.70. The van der Waals surface area contributed by atoms with Gasteiger partial charge in [-0.05, 0) is 48.7 Å². The number of benzene rings is 3. The van der Waals surface area contributed by atoms with Gasteiger partial charge in [0, 0.05) is 42.9 Å². The summed E-state index contributed by atoms with van der Waals surface area (Å²) in [6.45, 7) is 3.13. The van der Waals surface area contributed by atoms with Gasteiger partial charge in [0.2, 0.25) is 0 Å². The highest BCUT2D eigenvalue weighted by molar-refractivity contribution is 6.07. The van der Waals surface area contributed by atoms with Gasteiger partial charge in [0.25, 0.3) is 11.8 Å². The van der Waals surface area contributed by atoms with E-state index in [1.807, 2.05) is 83.9 Å². The Balaban J connectivity index is 1.10. The average molecular weight is 580 g/mol. The highest BCUT2D eigenvalue weighted by Gasteiger charge is 2.59. The van der Waals surface area contributed by atoms with E-state index in [0.29, 0.717) is 37.4 Å². The van der Waals surface area contributed by atoms with E-state index >= 15 is 0 Å². The minimum Gasteiger partial charge on any atom is -0.482 e. The first-order valence-corrected chi connectivity index (χ1v) is 14.7. The van der Waals surface area contributed by atoms with Crippen LogP contribution in [0.15, 0.2) is 79.0 Å². The van der Waals surface area contributed by atoms with Crippen LogP contribution in [-0.4, -0.2) is 51.2 Å². The van der Waals surface area contributed by atoms with Crippen LogP contribution in [0.1, 0.15) is 36.6 Å². The monoisotopic (exact) mass is 579 g/mol. The second-order valence-corrected chi connectivity index (χ2v) is 11.4. The minimum absolute atomic E-state index is 0.00776. The van der Waals surface area contributed by atoms with Crippen LogP contribution in [0.25, 0.3) is 0 Å². The maximum atomic E-state index is 14.3. The third-order valence-corrected chi connectivity index (χ3v) is 8.70. The van der Waals surface area contributed by atoms with E-state index in [1.165, 1.54) is 0 Å². The number of amides is 2. The number of aryl methyl sites for hydroxylation is 1. The zero-order chi connectivity index (χ0) is 29.6. The Bertz CT molecular complexity index is 1670. The number of aliphatic hydroxyl groups excluding tert-OH is 1. The molecule has 0 saturated carbocycles. The van der Waals surface area contributed by atoms with Gasteiger partial charge in [-0.1, -0.05) is 54.6 Å². The van der Waals surface area contributed by atoms with Crippen LogP contribution in [-0.2, 0) is 39.4 Å². The van der Waals surface area contributed by atoms with E-state index in [9.17, 15) is 9.59 Å². The fraction of sp³-hybridized carbons (Fsp3) is 0.333. The van der Waals surface area contributed by atoms with Crippen molar-refractivity contribution in [1.82, 2.24) is 15.0 Å². The van der Waals surface area contributed by atoms with Crippen molar-refractivity contribution in [2.45, 2.75) is 51.0 Å². The number of rotatable bonds is 8. The molecule has 3 aliphatic heterocycles. The summed E-state index contributed by atoms with van der Waals surface area (Å²) in [5.41, 5.74) is 3.92. The van der Waals surface area contributed by atoms with Crippen molar-refractivity contribution < 1.29 is 24.2 Å². The Morgan fingerprint density at radius 2 is 1.77 bits per heavy atom. The molecule has 0 bridgehead atoms. The molecule has 3 atom stereocenters. The summed E-state index contributed by atoms with van der Waals surface area (Å²) < 4.78 is 14.1. The number of nitrogens with zero attached hydrogens (tertiary/aromatic N) is 5. The lowest BCUT2D eigenvalue weighted by Gasteiger charge is -2.29. The molecule has 4 aromatic rings. The number of anilines is 3. The van der Waals surface area contributed by atoms with Crippen molar-refractivity contribution in [1.29, 1.82) is 0 Å². The number of para-hydroxylation sites is 3. The van der Waals surface area contributed by atoms with E-state index in [1.54, 1.807) is 9.58 Å². The minimum atomic E-state index is -1.03. The first-order chi connectivity index (χ1) is 21.0. The molecule has 7 rings (SSSR count). The fourth-order valence-electron chi connectivity index (χ4n) is 6.63. The third kappa shape index (κ3) is 4.67. The topological polar surface area (TPSA) is 110 Å². The Labute approximate surface area is 249 Å². The molecule has 220 valence electrons. The molecule has 3 aliphatic rings. The van der Waals surface area contributed by atoms with Crippen LogP contribution < -0.4 is 14.5 Å². The first-order valence-electron chi connectivity index (χ1n) is 14.7. The summed E-state index contributed by atoms with van der Waals surface area (Å²) in [6, 6.07) is 23.2. The second kappa shape index (κ2) is 10.9. The Kier molecular flexibility index (Phi) is 6.95. The molecule has 1 N–H and O–H groups in total. The van der Waals surface area contributed by atoms with Crippen molar-refractivity contribution >= 4 is 28.9 Å². The Morgan fingerprint density at radius 3 is 2.58 bits per heavy atom. The summed E-state index contributed by atoms with van der Waals surface area (Å²) >= 11 is 0. The van der Waals surface area contributed by atoms with E-state index in [-0.39, 0.29) is 37.0 Å². The lowest BCUT2D eigenvalue weighted by Crippen LogP contribution is -2.43. The van der Waals surface area contributed by atoms with Crippen LogP contribution in [0, 0.1) is 5.92 Å². The molecule has 4 heterocycles. The van der Waals surface area contributed by atoms with E-state index in [2.05, 4.69) is 17.2 Å². The number of fused-ring (bicyclic) bond motifs is 3. The molecule has 43 heavy (non-hydrogen) atoms. The Hall–Kier alpha value is -4.54. The zero-order valence-corrected chi connectivity index (χ0v) is 23.9. The van der Waals surface area contributed by atoms with Crippen LogP contribution in [0.5, 0.6) is 5.75 Å². The molecular weight excluding hydrogens is 546 g/mol. The van der Waals surface area contributed by atoms with Crippen molar-refractivity contribution in [3.8, 4) is 5.75 Å². The standard InChI is InChI=1S/C33H33N5O5/c1-22-18-26(14-16-36-20-24(15-17-39)34-35-36)43-33(22)27-6-2-3-7-28(27)37(32(33)41)19-23-10-12-25(13-11-23)38-29-8-4-5-9-30(29)42-21-31(38)40/h2-13,20,22,26,39H,14-19,21H2,1H3/t22-,26+,33+/m1/s1. The number of hydrogen-bond donors (Lipinski definition) is 1. The van der Waals surface area contributed by atoms with Gasteiger partial charge < -0.3 is 19.5 Å². The molecule has 1 saturated heterocycles. The van der Waals surface area contributed by atoms with E-state index in [4.69, 9.17) is 14.6 Å². The number of hydrogen-bond acceptors (Lipinski definition) is 7. The molecule has 1 aromatic heterocycles. The molecule has 3 aromatic carbocycles. The van der Waals surface area contributed by atoms with Gasteiger partial charge in [-0.25, -0.2) is 0 Å². The fourth-order valence-corrected chi connectivity index (χ4v) is 6.63. The maximum Gasteiger partial charge on any atom is 0.269 e. The summed E-state index contributed by atoms with van der Waals surface area (Å²) in [4.78, 5) is 30.6. The first kappa shape index (κ1) is 27.3. The normalized spacial score (nSPS) is 22.7. The summed E-state index contributed by atoms with van der Waals surface area (Å²) in [6.07, 6.45) is 3.68. The van der Waals surface area contributed by atoms with Gasteiger partial charge >= 0.3 is 0 Å². The number of aliphatic hydroxyl groups is 1. The summed E-state index contributed by atoms with van der Waals surface area (Å²) in [5.74, 6) is 0.489. The highest BCUT2D eigenvalue weighted by atomic mass is 16.5. The second-order valence-electron chi connectivity index (χ2n) is 11.4. The summed E-state index contributed by atoms with van der Waals surface area (Å²) in [5, 5.41) is 17.4. The van der Waals surface area contributed by atoms with Crippen molar-refractivity contribution in [3.05, 3.63) is 95.8 Å². The Morgan fingerprint density at radius 1 is 1.00 bits per heavy atom. The zero-order valence-electron chi connectivity index (χ0n) is 23.9. The van der Waals surface area contributed by atoms with Crippen molar-refractivity contribution in [3.63, 3.8) is 0 Å². The van der Waals surface area contributed by atoms with Gasteiger partial charge in [-0.3, -0.25) is 19.2 Å². The van der Waals surface area contributed by atoms with Gasteiger partial charge in [0.05, 0.1) is 29.7 Å². The molecule has 10 heteroatoms. The molecule has 0 radical (unpaired) electrons. The van der Waals surface area contributed by atoms with Gasteiger partial charge in [0.15, 0.2) is 12.2 Å². The number of ether oxygens (including phenoxy) is 2. The molecule has 10 nitrogen and oxygen atoms in total. The largest absolute Gasteiger partial charge is 0.482 e. The summed E-state index contributed by atoms with van der Waals surface area (Å²) in [7, 11) is 0. The predicted molar refractivity (Wildman–Crippen MR) is 159 cm³/mol. The van der Waals surface area contributed by atoms with Gasteiger partial charge in [-0.15, -0.1) is 5.10 Å². The van der Waals surface area contributed by atoms with Crippen LogP contribution in [0.2, 0.25) is 0 Å². The molecule has 1 fully saturated rings. The SMILES string of the molecule is C[C@@H]1C[C@H](CCn2cc(CCO)nn2)O[C@@]12C(=O)N(Cc1ccc(N3C(=O)COc4ccccc43)cc1)c1ccccc12. The smallest absolute Gasteiger partial charge is 0.269 e. The predicted octanol–water partition coefficient (Wildman–Crippen LogP) is 4.13. The van der Waals surface area contributed by atoms with Crippen LogP contribution >= 0.6 is 0 Å². The molecule has 0 aliphatic carbocycles. The molecule has 0 unspecified atom stereocenters. The maximum absolute atomic E-state index is 14.3. The number of aromatic nitrogens is 3. The lowest BCUT2D eigenvalue weighted by molar-refractivity contribution is -0.146. The number of carbonyl (C=O) groups excluding carboxylic acids is 2. The number of carbonyl (C=O) groups is 2. The van der Waals surface area contributed by atoms with E-state index in [0.717, 1.165) is 34.6 Å². The van der Waals surface area contributed by atoms with Crippen molar-refractivity contribution in [2.24, 2.45) is 5.92 Å². The van der Waals surface area contributed by atoms with E-state index < -0.39 is 5.60 Å². The van der Waals surface area contributed by atoms with Crippen LogP contribution in [0.3, 0.4) is 0 Å². The van der Waals surface area contributed by atoms with Crippen LogP contribution in [0.4, 0.5) is 17.1 Å². The van der Waals surface area contributed by atoms with Gasteiger partial charge in [0.1, 0.15) is 5.75 Å². The highest BCUT2D eigenvalue weighted by Crippen LogP contribution is 2.53. The molecule has 2 amide bonds.